The molecule has 0 aromatic heterocycles. The second-order valence-electron chi connectivity index (χ2n) is 3.44. The lowest BCUT2D eigenvalue weighted by Crippen LogP contribution is -2.35. The number of nitrogens with zero attached hydrogens (tertiary/aromatic N) is 1. The van der Waals surface area contributed by atoms with Gasteiger partial charge in [0.15, 0.2) is 0 Å². The fourth-order valence-corrected chi connectivity index (χ4v) is 1.36. The minimum atomic E-state index is -0.290. The van der Waals surface area contributed by atoms with Crippen LogP contribution in [0, 0.1) is 0 Å². The third kappa shape index (κ3) is 2.06. The fourth-order valence-electron chi connectivity index (χ4n) is 1.36. The van der Waals surface area contributed by atoms with Crippen molar-refractivity contribution in [2.75, 3.05) is 13.6 Å². The predicted molar refractivity (Wildman–Crippen MR) is 53.8 cm³/mol. The molecule has 82 valence electrons. The third-order valence-electron chi connectivity index (χ3n) is 2.54. The first-order chi connectivity index (χ1) is 6.99. The van der Waals surface area contributed by atoms with Gasteiger partial charge in [-0.05, 0) is 13.8 Å². The maximum absolute atomic E-state index is 11.5. The summed E-state index contributed by atoms with van der Waals surface area (Å²) in [6, 6.07) is 0. The maximum atomic E-state index is 11.5. The van der Waals surface area contributed by atoms with Crippen molar-refractivity contribution in [3.8, 4) is 0 Å². The number of carbonyl (C=O) groups is 3. The van der Waals surface area contributed by atoms with Gasteiger partial charge in [-0.1, -0.05) is 0 Å². The molecule has 1 aliphatic heterocycles. The topological polar surface area (TPSA) is 66.5 Å². The lowest BCUT2D eigenvalue weighted by molar-refractivity contribution is -0.137. The minimum Gasteiger partial charge on any atom is -0.359 e. The first-order valence-corrected chi connectivity index (χ1v) is 4.73. The zero-order chi connectivity index (χ0) is 11.6. The van der Waals surface area contributed by atoms with Crippen LogP contribution < -0.4 is 5.32 Å². The summed E-state index contributed by atoms with van der Waals surface area (Å²) in [5.74, 6) is -0.763. The number of hydrogen-bond acceptors (Lipinski definition) is 3. The Morgan fingerprint density at radius 2 is 1.67 bits per heavy atom. The Morgan fingerprint density at radius 3 is 2.07 bits per heavy atom. The van der Waals surface area contributed by atoms with Gasteiger partial charge in [0.2, 0.25) is 5.91 Å². The van der Waals surface area contributed by atoms with E-state index < -0.39 is 0 Å². The van der Waals surface area contributed by atoms with E-state index in [9.17, 15) is 14.4 Å². The monoisotopic (exact) mass is 210 g/mol. The SMILES string of the molecule is CNC(=O)CCN1C(=O)C(C)=C(C)C1=O. The van der Waals surface area contributed by atoms with E-state index in [-0.39, 0.29) is 30.7 Å². The first-order valence-electron chi connectivity index (χ1n) is 4.73. The van der Waals surface area contributed by atoms with Crippen LogP contribution in [0.3, 0.4) is 0 Å². The van der Waals surface area contributed by atoms with Crippen molar-refractivity contribution < 1.29 is 14.4 Å². The van der Waals surface area contributed by atoms with Gasteiger partial charge in [0.05, 0.1) is 0 Å². The van der Waals surface area contributed by atoms with Crippen molar-refractivity contribution in [3.63, 3.8) is 0 Å². The van der Waals surface area contributed by atoms with Crippen LogP contribution in [0.1, 0.15) is 20.3 Å². The minimum absolute atomic E-state index is 0.145. The molecule has 0 aromatic rings. The van der Waals surface area contributed by atoms with Crippen molar-refractivity contribution in [3.05, 3.63) is 11.1 Å². The molecule has 0 atom stereocenters. The van der Waals surface area contributed by atoms with E-state index in [1.165, 1.54) is 7.05 Å². The van der Waals surface area contributed by atoms with E-state index in [0.29, 0.717) is 11.1 Å². The molecule has 1 rings (SSSR count). The van der Waals surface area contributed by atoms with Gasteiger partial charge in [0.25, 0.3) is 11.8 Å². The van der Waals surface area contributed by atoms with Crippen LogP contribution in [0.25, 0.3) is 0 Å². The highest BCUT2D eigenvalue weighted by atomic mass is 16.2. The summed E-state index contributed by atoms with van der Waals surface area (Å²) in [6.07, 6.45) is 0.147. The molecule has 1 aliphatic rings. The van der Waals surface area contributed by atoms with E-state index in [1.807, 2.05) is 0 Å². The Bertz CT molecular complexity index is 334. The van der Waals surface area contributed by atoms with Crippen molar-refractivity contribution in [1.82, 2.24) is 10.2 Å². The molecule has 5 heteroatoms. The molecule has 1 N–H and O–H groups in total. The second kappa shape index (κ2) is 4.25. The normalized spacial score (nSPS) is 16.3. The highest BCUT2D eigenvalue weighted by molar-refractivity contribution is 6.18. The lowest BCUT2D eigenvalue weighted by Gasteiger charge is -2.13. The average molecular weight is 210 g/mol. The molecular weight excluding hydrogens is 196 g/mol. The maximum Gasteiger partial charge on any atom is 0.256 e. The molecule has 3 amide bonds. The Hall–Kier alpha value is -1.65. The van der Waals surface area contributed by atoms with Gasteiger partial charge in [-0.2, -0.15) is 0 Å². The molecule has 0 saturated heterocycles. The van der Waals surface area contributed by atoms with Gasteiger partial charge in [0, 0.05) is 31.2 Å². The van der Waals surface area contributed by atoms with Crippen molar-refractivity contribution >= 4 is 17.7 Å². The molecular formula is C10H14N2O3. The third-order valence-corrected chi connectivity index (χ3v) is 2.54. The molecule has 15 heavy (non-hydrogen) atoms. The number of amides is 3. The summed E-state index contributed by atoms with van der Waals surface area (Å²) in [5.41, 5.74) is 0.939. The lowest BCUT2D eigenvalue weighted by atomic mass is 10.2. The second-order valence-corrected chi connectivity index (χ2v) is 3.44. The molecule has 0 unspecified atom stereocenters. The van der Waals surface area contributed by atoms with E-state index in [1.54, 1.807) is 13.8 Å². The van der Waals surface area contributed by atoms with Gasteiger partial charge >= 0.3 is 0 Å². The largest absolute Gasteiger partial charge is 0.359 e. The van der Waals surface area contributed by atoms with Gasteiger partial charge < -0.3 is 5.32 Å². The Balaban J connectivity index is 2.64. The zero-order valence-corrected chi connectivity index (χ0v) is 9.09. The summed E-state index contributed by atoms with van der Waals surface area (Å²) in [5, 5.41) is 2.44. The molecule has 0 bridgehead atoms. The quantitative estimate of drug-likeness (QED) is 0.657. The van der Waals surface area contributed by atoms with Crippen molar-refractivity contribution in [1.29, 1.82) is 0 Å². The van der Waals surface area contributed by atoms with Gasteiger partial charge in [-0.15, -0.1) is 0 Å². The van der Waals surface area contributed by atoms with Crippen LogP contribution in [0.4, 0.5) is 0 Å². The Kier molecular flexibility index (Phi) is 3.24. The molecule has 0 aromatic carbocycles. The number of imide groups is 1. The smallest absolute Gasteiger partial charge is 0.256 e. The van der Waals surface area contributed by atoms with Crippen LogP contribution in [0.5, 0.6) is 0 Å². The summed E-state index contributed by atoms with van der Waals surface area (Å²) in [6.45, 7) is 3.39. The van der Waals surface area contributed by atoms with E-state index in [4.69, 9.17) is 0 Å². The average Bonchev–Trinajstić information content (AvgIpc) is 2.41. The fraction of sp³-hybridized carbons (Fsp3) is 0.500. The summed E-state index contributed by atoms with van der Waals surface area (Å²) in [4.78, 5) is 35.2. The standard InChI is InChI=1S/C10H14N2O3/c1-6-7(2)10(15)12(9(6)14)5-4-8(13)11-3/h4-5H2,1-3H3,(H,11,13). The van der Waals surface area contributed by atoms with Crippen LogP contribution in [-0.4, -0.2) is 36.2 Å². The molecule has 0 aliphatic carbocycles. The van der Waals surface area contributed by atoms with Crippen molar-refractivity contribution in [2.24, 2.45) is 0 Å². The van der Waals surface area contributed by atoms with Crippen molar-refractivity contribution in [2.45, 2.75) is 20.3 Å². The summed E-state index contributed by atoms with van der Waals surface area (Å²) >= 11 is 0. The van der Waals surface area contributed by atoms with Gasteiger partial charge in [-0.25, -0.2) is 0 Å². The molecule has 5 nitrogen and oxygen atoms in total. The molecule has 1 heterocycles. The Labute approximate surface area is 88.1 Å². The molecule has 0 fully saturated rings. The van der Waals surface area contributed by atoms with Crippen LogP contribution in [-0.2, 0) is 14.4 Å². The highest BCUT2D eigenvalue weighted by Crippen LogP contribution is 2.19. The molecule has 0 saturated carbocycles. The zero-order valence-electron chi connectivity index (χ0n) is 9.09. The van der Waals surface area contributed by atoms with Crippen LogP contribution in [0.15, 0.2) is 11.1 Å². The van der Waals surface area contributed by atoms with Crippen LogP contribution >= 0.6 is 0 Å². The summed E-state index contributed by atoms with van der Waals surface area (Å²) < 4.78 is 0. The number of nitrogens with one attached hydrogen (secondary N) is 1. The van der Waals surface area contributed by atoms with Gasteiger partial charge in [-0.3, -0.25) is 19.3 Å². The highest BCUT2D eigenvalue weighted by Gasteiger charge is 2.32. The number of rotatable bonds is 3. The molecule has 0 spiro atoms. The predicted octanol–water partition coefficient (Wildman–Crippen LogP) is -0.172. The molecule has 0 radical (unpaired) electrons. The van der Waals surface area contributed by atoms with Gasteiger partial charge in [0.1, 0.15) is 0 Å². The van der Waals surface area contributed by atoms with E-state index >= 15 is 0 Å². The first kappa shape index (κ1) is 11.4. The number of carbonyl (C=O) groups excluding carboxylic acids is 3. The van der Waals surface area contributed by atoms with Crippen LogP contribution in [0.2, 0.25) is 0 Å². The number of hydrogen-bond donors (Lipinski definition) is 1. The Morgan fingerprint density at radius 1 is 1.20 bits per heavy atom. The summed E-state index contributed by atoms with van der Waals surface area (Å²) in [7, 11) is 1.52. The van der Waals surface area contributed by atoms with E-state index in [0.717, 1.165) is 4.90 Å². The van der Waals surface area contributed by atoms with E-state index in [2.05, 4.69) is 5.32 Å².